The number of hydrogen-bond donors (Lipinski definition) is 2. The molecule has 0 aliphatic heterocycles. The minimum Gasteiger partial charge on any atom is -0.477 e. The first-order valence-electron chi connectivity index (χ1n) is 6.21. The number of rotatable bonds is 6. The fraction of sp³-hybridized carbons (Fsp3) is 0.286. The molecule has 0 spiro atoms. The van der Waals surface area contributed by atoms with Crippen molar-refractivity contribution in [3.05, 3.63) is 51.2 Å². The number of thiazole rings is 1. The Bertz CT molecular complexity index is 596. The van der Waals surface area contributed by atoms with Crippen molar-refractivity contribution in [2.24, 2.45) is 0 Å². The maximum absolute atomic E-state index is 12.7. The molecule has 1 heterocycles. The van der Waals surface area contributed by atoms with Crippen molar-refractivity contribution in [1.82, 2.24) is 10.3 Å². The molecule has 0 bridgehead atoms. The van der Waals surface area contributed by atoms with Crippen molar-refractivity contribution in [3.8, 4) is 0 Å². The van der Waals surface area contributed by atoms with Gasteiger partial charge in [0.15, 0.2) is 0 Å². The maximum Gasteiger partial charge on any atom is 0.347 e. The van der Waals surface area contributed by atoms with Gasteiger partial charge in [-0.1, -0.05) is 12.1 Å². The molecular weight excluding hydrogens is 279 g/mol. The lowest BCUT2D eigenvalue weighted by atomic mass is 10.2. The second kappa shape index (κ2) is 6.58. The lowest BCUT2D eigenvalue weighted by molar-refractivity contribution is 0.0701. The van der Waals surface area contributed by atoms with Crippen molar-refractivity contribution < 1.29 is 14.3 Å². The zero-order valence-corrected chi connectivity index (χ0v) is 11.8. The Kier molecular flexibility index (Phi) is 4.81. The molecule has 0 radical (unpaired) electrons. The largest absolute Gasteiger partial charge is 0.477 e. The van der Waals surface area contributed by atoms with Crippen molar-refractivity contribution in [3.63, 3.8) is 0 Å². The molecular formula is C14H15FN2O2S. The van der Waals surface area contributed by atoms with Gasteiger partial charge >= 0.3 is 5.97 Å². The number of carbonyl (C=O) groups is 1. The van der Waals surface area contributed by atoms with Crippen LogP contribution in [-0.4, -0.2) is 22.6 Å². The van der Waals surface area contributed by atoms with Gasteiger partial charge < -0.3 is 10.4 Å². The van der Waals surface area contributed by atoms with Crippen LogP contribution in [0.4, 0.5) is 4.39 Å². The number of benzene rings is 1. The molecule has 2 rings (SSSR count). The third-order valence-corrected chi connectivity index (χ3v) is 4.00. The van der Waals surface area contributed by atoms with Crippen LogP contribution in [0.1, 0.15) is 25.9 Å². The van der Waals surface area contributed by atoms with E-state index in [1.54, 1.807) is 19.1 Å². The van der Waals surface area contributed by atoms with E-state index in [2.05, 4.69) is 10.3 Å². The Morgan fingerprint density at radius 1 is 1.40 bits per heavy atom. The second-order valence-electron chi connectivity index (χ2n) is 4.38. The highest BCUT2D eigenvalue weighted by Crippen LogP contribution is 2.18. The van der Waals surface area contributed by atoms with E-state index in [1.807, 2.05) is 0 Å². The van der Waals surface area contributed by atoms with Gasteiger partial charge in [0, 0.05) is 19.5 Å². The quantitative estimate of drug-likeness (QED) is 0.804. The minimum atomic E-state index is -0.925. The van der Waals surface area contributed by atoms with Gasteiger partial charge in [0.2, 0.25) is 0 Å². The predicted molar refractivity (Wildman–Crippen MR) is 75.6 cm³/mol. The first-order chi connectivity index (χ1) is 9.56. The Labute approximate surface area is 120 Å². The Morgan fingerprint density at radius 3 is 2.70 bits per heavy atom. The minimum absolute atomic E-state index is 0.242. The van der Waals surface area contributed by atoms with Crippen LogP contribution in [0.5, 0.6) is 0 Å². The van der Waals surface area contributed by atoms with Crippen LogP contribution in [0.25, 0.3) is 0 Å². The Balaban J connectivity index is 1.80. The molecule has 0 amide bonds. The molecule has 0 aliphatic rings. The molecule has 20 heavy (non-hydrogen) atoms. The number of hydrogen-bond acceptors (Lipinski definition) is 4. The molecule has 4 nitrogen and oxygen atoms in total. The summed E-state index contributed by atoms with van der Waals surface area (Å²) in [7, 11) is 0. The molecule has 2 aromatic rings. The summed E-state index contributed by atoms with van der Waals surface area (Å²) in [5.41, 5.74) is 1.57. The summed E-state index contributed by atoms with van der Waals surface area (Å²) >= 11 is 1.22. The molecule has 6 heteroatoms. The van der Waals surface area contributed by atoms with Crippen molar-refractivity contribution >= 4 is 17.3 Å². The summed E-state index contributed by atoms with van der Waals surface area (Å²) in [5, 5.41) is 13.0. The summed E-state index contributed by atoms with van der Waals surface area (Å²) in [6.07, 6.45) is 0.681. The number of aromatic carboxylic acids is 1. The van der Waals surface area contributed by atoms with Gasteiger partial charge in [0.25, 0.3) is 0 Å². The monoisotopic (exact) mass is 294 g/mol. The summed E-state index contributed by atoms with van der Waals surface area (Å²) in [4.78, 5) is 15.4. The number of halogens is 1. The number of nitrogens with one attached hydrogen (secondary N) is 1. The van der Waals surface area contributed by atoms with E-state index in [0.29, 0.717) is 30.1 Å². The first-order valence-corrected chi connectivity index (χ1v) is 7.02. The molecule has 0 fully saturated rings. The summed E-state index contributed by atoms with van der Waals surface area (Å²) in [6.45, 7) is 3.05. The summed E-state index contributed by atoms with van der Waals surface area (Å²) in [6, 6.07) is 6.33. The van der Waals surface area contributed by atoms with E-state index in [9.17, 15) is 9.18 Å². The van der Waals surface area contributed by atoms with Crippen molar-refractivity contribution in [2.75, 3.05) is 6.54 Å². The average Bonchev–Trinajstić information content (AvgIpc) is 2.78. The van der Waals surface area contributed by atoms with Crippen LogP contribution in [0.15, 0.2) is 24.3 Å². The highest BCUT2D eigenvalue weighted by molar-refractivity contribution is 7.13. The number of nitrogens with zero attached hydrogens (tertiary/aromatic N) is 1. The smallest absolute Gasteiger partial charge is 0.347 e. The van der Waals surface area contributed by atoms with Gasteiger partial charge in [-0.3, -0.25) is 0 Å². The van der Waals surface area contributed by atoms with Crippen molar-refractivity contribution in [2.45, 2.75) is 19.9 Å². The molecule has 1 aromatic heterocycles. The molecule has 1 aromatic carbocycles. The number of aryl methyl sites for hydroxylation is 1. The van der Waals surface area contributed by atoms with Crippen molar-refractivity contribution in [1.29, 1.82) is 0 Å². The molecule has 0 saturated heterocycles. The molecule has 2 N–H and O–H groups in total. The predicted octanol–water partition coefficient (Wildman–Crippen LogP) is 2.62. The van der Waals surface area contributed by atoms with E-state index >= 15 is 0 Å². The number of carboxylic acid groups (broad SMARTS) is 1. The summed E-state index contributed by atoms with van der Waals surface area (Å²) < 4.78 is 12.7. The van der Waals surface area contributed by atoms with Gasteiger partial charge in [-0.2, -0.15) is 0 Å². The normalized spacial score (nSPS) is 10.7. The topological polar surface area (TPSA) is 62.2 Å². The highest BCUT2D eigenvalue weighted by atomic mass is 32.1. The van der Waals surface area contributed by atoms with Crippen LogP contribution < -0.4 is 5.32 Å². The third-order valence-electron chi connectivity index (χ3n) is 2.79. The van der Waals surface area contributed by atoms with Crippen LogP contribution >= 0.6 is 11.3 Å². The lowest BCUT2D eigenvalue weighted by Crippen LogP contribution is -2.16. The fourth-order valence-electron chi connectivity index (χ4n) is 1.79. The van der Waals surface area contributed by atoms with E-state index in [-0.39, 0.29) is 5.82 Å². The fourth-order valence-corrected chi connectivity index (χ4v) is 2.69. The average molecular weight is 294 g/mol. The van der Waals surface area contributed by atoms with E-state index in [1.165, 1.54) is 23.5 Å². The zero-order chi connectivity index (χ0) is 14.5. The first kappa shape index (κ1) is 14.6. The second-order valence-corrected chi connectivity index (χ2v) is 5.46. The molecule has 0 atom stereocenters. The molecule has 0 saturated carbocycles. The van der Waals surface area contributed by atoms with Crippen LogP contribution in [0.3, 0.4) is 0 Å². The maximum atomic E-state index is 12.7. The van der Waals surface area contributed by atoms with Gasteiger partial charge in [-0.05, 0) is 24.6 Å². The van der Waals surface area contributed by atoms with Gasteiger partial charge in [-0.15, -0.1) is 11.3 Å². The number of aromatic nitrogens is 1. The van der Waals surface area contributed by atoms with E-state index in [0.717, 1.165) is 10.6 Å². The van der Waals surface area contributed by atoms with E-state index < -0.39 is 5.97 Å². The lowest BCUT2D eigenvalue weighted by Gasteiger charge is -2.03. The van der Waals surface area contributed by atoms with Gasteiger partial charge in [0.1, 0.15) is 10.7 Å². The van der Waals surface area contributed by atoms with Gasteiger partial charge in [0.05, 0.1) is 10.7 Å². The number of carboxylic acids is 1. The van der Waals surface area contributed by atoms with Crippen LogP contribution in [0, 0.1) is 12.7 Å². The SMILES string of the molecule is Cc1nc(CCNCc2ccc(F)cc2)sc1C(=O)O. The molecule has 0 aliphatic carbocycles. The van der Waals surface area contributed by atoms with Gasteiger partial charge in [-0.25, -0.2) is 14.2 Å². The Hall–Kier alpha value is -1.79. The Morgan fingerprint density at radius 2 is 2.10 bits per heavy atom. The molecule has 106 valence electrons. The summed E-state index contributed by atoms with van der Waals surface area (Å²) in [5.74, 6) is -1.17. The van der Waals surface area contributed by atoms with Crippen LogP contribution in [-0.2, 0) is 13.0 Å². The molecule has 0 unspecified atom stereocenters. The zero-order valence-electron chi connectivity index (χ0n) is 11.0. The highest BCUT2D eigenvalue weighted by Gasteiger charge is 2.13. The van der Waals surface area contributed by atoms with E-state index in [4.69, 9.17) is 5.11 Å². The standard InChI is InChI=1S/C14H15FN2O2S/c1-9-13(14(18)19)20-12(17-9)6-7-16-8-10-2-4-11(15)5-3-10/h2-5,16H,6-8H2,1H3,(H,18,19). The van der Waals surface area contributed by atoms with Crippen LogP contribution in [0.2, 0.25) is 0 Å². The third kappa shape index (κ3) is 3.85.